The number of thioether (sulfide) groups is 1. The van der Waals surface area contributed by atoms with Gasteiger partial charge in [-0.3, -0.25) is 4.79 Å². The van der Waals surface area contributed by atoms with Crippen molar-refractivity contribution in [1.82, 2.24) is 13.6 Å². The predicted octanol–water partition coefficient (Wildman–Crippen LogP) is 3.59. The van der Waals surface area contributed by atoms with Gasteiger partial charge < -0.3 is 9.64 Å². The number of ether oxygens (including phenoxy) is 1. The number of aromatic nitrogens is 2. The lowest BCUT2D eigenvalue weighted by molar-refractivity contribution is 0.0760. The fourth-order valence-corrected chi connectivity index (χ4v) is 4.59. The molecule has 0 unspecified atom stereocenters. The summed E-state index contributed by atoms with van der Waals surface area (Å²) < 4.78 is 13.7. The summed E-state index contributed by atoms with van der Waals surface area (Å²) in [4.78, 5) is 14.9. The highest BCUT2D eigenvalue weighted by Crippen LogP contribution is 2.39. The zero-order valence-electron chi connectivity index (χ0n) is 13.0. The first kappa shape index (κ1) is 15.4. The highest BCUT2D eigenvalue weighted by Gasteiger charge is 2.31. The van der Waals surface area contributed by atoms with Crippen LogP contribution in [0.4, 0.5) is 0 Å². The lowest BCUT2D eigenvalue weighted by Gasteiger charge is -2.24. The molecule has 122 valence electrons. The quantitative estimate of drug-likeness (QED) is 0.717. The molecule has 2 heterocycles. The smallest absolute Gasteiger partial charge is 0.255 e. The fraction of sp³-hybridized carbons (Fsp3) is 0.235. The van der Waals surface area contributed by atoms with Crippen molar-refractivity contribution in [2.24, 2.45) is 0 Å². The Balaban J connectivity index is 1.64. The summed E-state index contributed by atoms with van der Waals surface area (Å²) >= 11 is 2.94. The number of benzene rings is 2. The van der Waals surface area contributed by atoms with Gasteiger partial charge in [0.05, 0.1) is 18.8 Å². The molecule has 5 nitrogen and oxygen atoms in total. The van der Waals surface area contributed by atoms with Gasteiger partial charge in [-0.1, -0.05) is 12.1 Å². The number of fused-ring (bicyclic) bond motifs is 1. The highest BCUT2D eigenvalue weighted by molar-refractivity contribution is 7.99. The number of amides is 1. The van der Waals surface area contributed by atoms with Crippen molar-refractivity contribution in [3.63, 3.8) is 0 Å². The number of rotatable bonds is 3. The second-order valence-corrected chi connectivity index (χ2v) is 7.18. The van der Waals surface area contributed by atoms with Gasteiger partial charge in [0.15, 0.2) is 0 Å². The maximum Gasteiger partial charge on any atom is 0.255 e. The van der Waals surface area contributed by atoms with E-state index in [9.17, 15) is 4.79 Å². The van der Waals surface area contributed by atoms with Crippen LogP contribution in [0.15, 0.2) is 42.5 Å². The molecule has 0 N–H and O–H groups in total. The molecule has 0 bridgehead atoms. The van der Waals surface area contributed by atoms with E-state index in [0.29, 0.717) is 5.56 Å². The van der Waals surface area contributed by atoms with E-state index in [-0.39, 0.29) is 11.3 Å². The molecule has 0 spiro atoms. The molecule has 0 radical (unpaired) electrons. The minimum absolute atomic E-state index is 0.0110. The van der Waals surface area contributed by atoms with E-state index in [4.69, 9.17) is 4.74 Å². The van der Waals surface area contributed by atoms with Crippen LogP contribution in [0.1, 0.15) is 21.3 Å². The minimum atomic E-state index is 0.0110. The molecule has 1 fully saturated rings. The Morgan fingerprint density at radius 2 is 2.08 bits per heavy atom. The molecule has 3 aromatic rings. The average molecular weight is 357 g/mol. The van der Waals surface area contributed by atoms with Crippen molar-refractivity contribution in [2.75, 3.05) is 19.4 Å². The number of carbonyl (C=O) groups excluding carboxylic acids is 1. The largest absolute Gasteiger partial charge is 0.497 e. The van der Waals surface area contributed by atoms with E-state index in [1.54, 1.807) is 18.9 Å². The molecule has 1 aliphatic rings. The first-order valence-electron chi connectivity index (χ1n) is 7.55. The number of hydrogen-bond donors (Lipinski definition) is 0. The zero-order valence-corrected chi connectivity index (χ0v) is 14.6. The normalized spacial score (nSPS) is 17.4. The Morgan fingerprint density at radius 1 is 1.21 bits per heavy atom. The number of hydrogen-bond acceptors (Lipinski definition) is 6. The van der Waals surface area contributed by atoms with Gasteiger partial charge in [-0.25, -0.2) is 0 Å². The second kappa shape index (κ2) is 6.41. The third-order valence-electron chi connectivity index (χ3n) is 4.03. The Bertz CT molecular complexity index is 896. The molecular formula is C17H15N3O2S2. The van der Waals surface area contributed by atoms with E-state index >= 15 is 0 Å². The third kappa shape index (κ3) is 2.74. The second-order valence-electron chi connectivity index (χ2n) is 5.47. The van der Waals surface area contributed by atoms with Gasteiger partial charge in [0.25, 0.3) is 5.91 Å². The first-order chi connectivity index (χ1) is 11.8. The van der Waals surface area contributed by atoms with Crippen LogP contribution in [0.2, 0.25) is 0 Å². The summed E-state index contributed by atoms with van der Waals surface area (Å²) in [6.07, 6.45) is 0. The Kier molecular flexibility index (Phi) is 4.12. The van der Waals surface area contributed by atoms with Gasteiger partial charge in [-0.15, -0.1) is 11.8 Å². The molecule has 7 heteroatoms. The van der Waals surface area contributed by atoms with Crippen molar-refractivity contribution >= 4 is 40.4 Å². The van der Waals surface area contributed by atoms with Gasteiger partial charge in [0.2, 0.25) is 0 Å². The zero-order chi connectivity index (χ0) is 16.5. The molecule has 0 aliphatic carbocycles. The summed E-state index contributed by atoms with van der Waals surface area (Å²) in [5.41, 5.74) is 3.35. The maximum atomic E-state index is 13.0. The molecule has 1 aromatic heterocycles. The van der Waals surface area contributed by atoms with Crippen LogP contribution < -0.4 is 4.74 Å². The average Bonchev–Trinajstić information content (AvgIpc) is 3.29. The molecule has 2 aromatic carbocycles. The molecule has 24 heavy (non-hydrogen) atoms. The standard InChI is InChI=1S/C17H15N3O2S2/c1-22-13-4-2-3-12(9-13)17-20(7-8-23-17)16(21)11-5-6-14-15(10-11)19-24-18-14/h2-6,9-10,17H,7-8H2,1H3/t17-/m1/s1. The van der Waals surface area contributed by atoms with E-state index in [0.717, 1.165) is 46.4 Å². The van der Waals surface area contributed by atoms with Crippen LogP contribution in [0.25, 0.3) is 11.0 Å². The summed E-state index contributed by atoms with van der Waals surface area (Å²) in [6, 6.07) is 13.4. The van der Waals surface area contributed by atoms with E-state index < -0.39 is 0 Å². The molecule has 1 atom stereocenters. The first-order valence-corrected chi connectivity index (χ1v) is 9.33. The number of methoxy groups -OCH3 is 1. The molecule has 1 amide bonds. The van der Waals surface area contributed by atoms with Crippen LogP contribution in [0, 0.1) is 0 Å². The summed E-state index contributed by atoms with van der Waals surface area (Å²) in [5.74, 6) is 1.76. The van der Waals surface area contributed by atoms with Crippen LogP contribution in [-0.4, -0.2) is 39.0 Å². The Morgan fingerprint density at radius 3 is 2.96 bits per heavy atom. The predicted molar refractivity (Wildman–Crippen MR) is 96.6 cm³/mol. The Labute approximate surface area is 148 Å². The molecule has 1 aliphatic heterocycles. The highest BCUT2D eigenvalue weighted by atomic mass is 32.2. The van der Waals surface area contributed by atoms with E-state index in [1.165, 1.54) is 0 Å². The molecular weight excluding hydrogens is 342 g/mol. The van der Waals surface area contributed by atoms with Crippen LogP contribution >= 0.6 is 23.5 Å². The van der Waals surface area contributed by atoms with Crippen molar-refractivity contribution in [3.05, 3.63) is 53.6 Å². The van der Waals surface area contributed by atoms with Gasteiger partial charge >= 0.3 is 0 Å². The van der Waals surface area contributed by atoms with Crippen LogP contribution in [0.5, 0.6) is 5.75 Å². The van der Waals surface area contributed by atoms with Gasteiger partial charge in [0, 0.05) is 17.9 Å². The topological polar surface area (TPSA) is 55.3 Å². The maximum absolute atomic E-state index is 13.0. The van der Waals surface area contributed by atoms with Crippen molar-refractivity contribution in [3.8, 4) is 5.75 Å². The van der Waals surface area contributed by atoms with Crippen molar-refractivity contribution in [1.29, 1.82) is 0 Å². The minimum Gasteiger partial charge on any atom is -0.497 e. The van der Waals surface area contributed by atoms with E-state index in [1.807, 2.05) is 47.4 Å². The number of carbonyl (C=O) groups is 1. The number of nitrogens with zero attached hydrogens (tertiary/aromatic N) is 3. The lowest BCUT2D eigenvalue weighted by atomic mass is 10.1. The summed E-state index contributed by atoms with van der Waals surface area (Å²) in [6.45, 7) is 0.735. The molecule has 4 rings (SSSR count). The van der Waals surface area contributed by atoms with Gasteiger partial charge in [-0.2, -0.15) is 8.75 Å². The third-order valence-corrected chi connectivity index (χ3v) is 5.85. The summed E-state index contributed by atoms with van der Waals surface area (Å²) in [7, 11) is 1.65. The van der Waals surface area contributed by atoms with E-state index in [2.05, 4.69) is 8.75 Å². The van der Waals surface area contributed by atoms with Gasteiger partial charge in [0.1, 0.15) is 22.2 Å². The van der Waals surface area contributed by atoms with Crippen molar-refractivity contribution in [2.45, 2.75) is 5.37 Å². The van der Waals surface area contributed by atoms with Gasteiger partial charge in [-0.05, 0) is 35.9 Å². The van der Waals surface area contributed by atoms with Crippen molar-refractivity contribution < 1.29 is 9.53 Å². The summed E-state index contributed by atoms with van der Waals surface area (Å²) in [5, 5.41) is 0.0110. The Hall–Kier alpha value is -2.12. The fourth-order valence-electron chi connectivity index (χ4n) is 2.83. The molecule has 0 saturated carbocycles. The SMILES string of the molecule is COc1cccc([C@H]2SCCN2C(=O)c2ccc3nsnc3c2)c1. The monoisotopic (exact) mass is 357 g/mol. The lowest BCUT2D eigenvalue weighted by Crippen LogP contribution is -2.30. The molecule has 1 saturated heterocycles. The van der Waals surface area contributed by atoms with Crippen LogP contribution in [0.3, 0.4) is 0 Å². The van der Waals surface area contributed by atoms with Crippen LogP contribution in [-0.2, 0) is 0 Å².